The van der Waals surface area contributed by atoms with Crippen LogP contribution in [0.4, 0.5) is 0 Å². The first kappa shape index (κ1) is 8.31. The van der Waals surface area contributed by atoms with E-state index in [1.54, 1.807) is 0 Å². The van der Waals surface area contributed by atoms with Crippen molar-refractivity contribution >= 4 is 5.91 Å². The van der Waals surface area contributed by atoms with Crippen LogP contribution in [0.25, 0.3) is 0 Å². The molecule has 1 aliphatic rings. The molecule has 0 atom stereocenters. The number of hydrogen-bond acceptors (Lipinski definition) is 1. The van der Waals surface area contributed by atoms with Gasteiger partial charge in [0.2, 0.25) is 5.91 Å². The highest BCUT2D eigenvalue weighted by atomic mass is 16.1. The minimum absolute atomic E-state index is 0.168. The van der Waals surface area contributed by atoms with E-state index in [4.69, 9.17) is 0 Å². The maximum Gasteiger partial charge on any atom is 0.224 e. The number of allylic oxidation sites excluding steroid dienone is 1. The quantitative estimate of drug-likeness (QED) is 0.526. The topological polar surface area (TPSA) is 29.1 Å². The number of rotatable bonds is 0. The fraction of sp³-hybridized carbons (Fsp3) is 0.667. The van der Waals surface area contributed by atoms with Gasteiger partial charge in [-0.15, -0.1) is 0 Å². The summed E-state index contributed by atoms with van der Waals surface area (Å²) in [5.41, 5.74) is 2.63. The second-order valence-electron chi connectivity index (χ2n) is 3.19. The van der Waals surface area contributed by atoms with Crippen LogP contribution in [0.2, 0.25) is 0 Å². The summed E-state index contributed by atoms with van der Waals surface area (Å²) in [5, 5.41) is 2.86. The van der Waals surface area contributed by atoms with E-state index in [9.17, 15) is 4.79 Å². The summed E-state index contributed by atoms with van der Waals surface area (Å²) in [7, 11) is 0. The molecule has 0 fully saturated rings. The molecule has 0 saturated carbocycles. The van der Waals surface area contributed by atoms with E-state index in [0.29, 0.717) is 6.42 Å². The Morgan fingerprint density at radius 1 is 1.27 bits per heavy atom. The monoisotopic (exact) mass is 153 g/mol. The molecule has 0 aromatic carbocycles. The highest BCUT2D eigenvalue weighted by Crippen LogP contribution is 2.14. The summed E-state index contributed by atoms with van der Waals surface area (Å²) in [6.07, 6.45) is 2.80. The molecule has 0 aliphatic carbocycles. The molecule has 0 aromatic heterocycles. The predicted octanol–water partition coefficient (Wildman–Crippen LogP) is 1.62. The number of carbonyl (C=O) groups is 1. The molecular weight excluding hydrogens is 138 g/mol. The normalized spacial score (nSPS) is 20.7. The Labute approximate surface area is 67.7 Å². The van der Waals surface area contributed by atoms with Crippen molar-refractivity contribution < 1.29 is 4.79 Å². The van der Waals surface area contributed by atoms with E-state index in [1.807, 2.05) is 6.92 Å². The first-order valence-corrected chi connectivity index (χ1v) is 4.12. The van der Waals surface area contributed by atoms with Crippen LogP contribution in [-0.4, -0.2) is 12.5 Å². The Hall–Kier alpha value is -0.790. The Balaban J connectivity index is 2.67. The first-order valence-electron chi connectivity index (χ1n) is 4.12. The molecule has 0 bridgehead atoms. The first-order chi connectivity index (χ1) is 5.20. The van der Waals surface area contributed by atoms with E-state index in [2.05, 4.69) is 12.2 Å². The lowest BCUT2D eigenvalue weighted by molar-refractivity contribution is -0.120. The molecule has 0 unspecified atom stereocenters. The van der Waals surface area contributed by atoms with Gasteiger partial charge < -0.3 is 5.32 Å². The lowest BCUT2D eigenvalue weighted by Crippen LogP contribution is -2.25. The van der Waals surface area contributed by atoms with Gasteiger partial charge in [0, 0.05) is 13.0 Å². The zero-order valence-corrected chi connectivity index (χ0v) is 7.24. The minimum atomic E-state index is 0.168. The standard InChI is InChI=1S/C9H15NO/c1-7-4-3-5-10-9(11)6-8(7)2/h3-6H2,1-2H3,(H,10,11). The number of nitrogens with one attached hydrogen (secondary N) is 1. The smallest absolute Gasteiger partial charge is 0.224 e. The molecule has 2 heteroatoms. The van der Waals surface area contributed by atoms with E-state index >= 15 is 0 Å². The lowest BCUT2D eigenvalue weighted by Gasteiger charge is -2.12. The average molecular weight is 153 g/mol. The van der Waals surface area contributed by atoms with Crippen LogP contribution in [0.5, 0.6) is 0 Å². The lowest BCUT2D eigenvalue weighted by atomic mass is 10.0. The largest absolute Gasteiger partial charge is 0.356 e. The zero-order chi connectivity index (χ0) is 8.27. The van der Waals surface area contributed by atoms with Crippen molar-refractivity contribution in [3.63, 3.8) is 0 Å². The fourth-order valence-corrected chi connectivity index (χ4v) is 1.25. The van der Waals surface area contributed by atoms with E-state index in [-0.39, 0.29) is 5.91 Å². The van der Waals surface area contributed by atoms with Gasteiger partial charge >= 0.3 is 0 Å². The summed E-state index contributed by atoms with van der Waals surface area (Å²) in [6.45, 7) is 5.00. The predicted molar refractivity (Wildman–Crippen MR) is 45.2 cm³/mol. The number of hydrogen-bond donors (Lipinski definition) is 1. The Bertz CT molecular complexity index is 194. The molecular formula is C9H15NO. The number of amides is 1. The van der Waals surface area contributed by atoms with Crippen molar-refractivity contribution in [1.29, 1.82) is 0 Å². The van der Waals surface area contributed by atoms with Gasteiger partial charge in [0.15, 0.2) is 0 Å². The van der Waals surface area contributed by atoms with Crippen LogP contribution < -0.4 is 5.32 Å². The van der Waals surface area contributed by atoms with Crippen LogP contribution in [-0.2, 0) is 4.79 Å². The van der Waals surface area contributed by atoms with Crippen molar-refractivity contribution in [2.45, 2.75) is 33.1 Å². The summed E-state index contributed by atoms with van der Waals surface area (Å²) in [5.74, 6) is 0.168. The number of carbonyl (C=O) groups excluding carboxylic acids is 1. The van der Waals surface area contributed by atoms with Gasteiger partial charge in [-0.2, -0.15) is 0 Å². The Morgan fingerprint density at radius 2 is 2.00 bits per heavy atom. The minimum Gasteiger partial charge on any atom is -0.356 e. The molecule has 1 aliphatic heterocycles. The highest BCUT2D eigenvalue weighted by molar-refractivity contribution is 5.78. The van der Waals surface area contributed by atoms with Gasteiger partial charge in [0.25, 0.3) is 0 Å². The molecule has 1 amide bonds. The average Bonchev–Trinajstić information content (AvgIpc) is 1.95. The second-order valence-corrected chi connectivity index (χ2v) is 3.19. The molecule has 62 valence electrons. The summed E-state index contributed by atoms with van der Waals surface area (Å²) >= 11 is 0. The fourth-order valence-electron chi connectivity index (χ4n) is 1.25. The third-order valence-corrected chi connectivity index (χ3v) is 2.20. The highest BCUT2D eigenvalue weighted by Gasteiger charge is 2.07. The van der Waals surface area contributed by atoms with Crippen LogP contribution in [0, 0.1) is 0 Å². The molecule has 11 heavy (non-hydrogen) atoms. The molecule has 1 heterocycles. The van der Waals surface area contributed by atoms with Crippen LogP contribution in [0.15, 0.2) is 11.1 Å². The van der Waals surface area contributed by atoms with Crippen molar-refractivity contribution in [3.8, 4) is 0 Å². The third kappa shape index (κ3) is 2.37. The molecule has 2 nitrogen and oxygen atoms in total. The molecule has 0 aromatic rings. The SMILES string of the molecule is CC1=C(C)CC(=O)NCCC1. The van der Waals surface area contributed by atoms with Crippen LogP contribution in [0.1, 0.15) is 33.1 Å². The van der Waals surface area contributed by atoms with Gasteiger partial charge in [-0.3, -0.25) is 4.79 Å². The molecule has 1 rings (SSSR count). The van der Waals surface area contributed by atoms with E-state index in [1.165, 1.54) is 11.1 Å². The summed E-state index contributed by atoms with van der Waals surface area (Å²) < 4.78 is 0. The van der Waals surface area contributed by atoms with Gasteiger partial charge in [-0.05, 0) is 26.7 Å². The van der Waals surface area contributed by atoms with Gasteiger partial charge in [-0.25, -0.2) is 0 Å². The van der Waals surface area contributed by atoms with Crippen molar-refractivity contribution in [1.82, 2.24) is 5.32 Å². The van der Waals surface area contributed by atoms with Crippen LogP contribution in [0.3, 0.4) is 0 Å². The molecule has 0 saturated heterocycles. The van der Waals surface area contributed by atoms with Gasteiger partial charge in [-0.1, -0.05) is 11.1 Å². The summed E-state index contributed by atoms with van der Waals surface area (Å²) in [6, 6.07) is 0. The molecule has 1 N–H and O–H groups in total. The van der Waals surface area contributed by atoms with Crippen molar-refractivity contribution in [3.05, 3.63) is 11.1 Å². The maximum atomic E-state index is 11.0. The maximum absolute atomic E-state index is 11.0. The molecule has 0 spiro atoms. The zero-order valence-electron chi connectivity index (χ0n) is 7.24. The van der Waals surface area contributed by atoms with Crippen molar-refractivity contribution in [2.75, 3.05) is 6.54 Å². The Morgan fingerprint density at radius 3 is 2.73 bits per heavy atom. The van der Waals surface area contributed by atoms with Crippen molar-refractivity contribution in [2.24, 2.45) is 0 Å². The Kier molecular flexibility index (Phi) is 2.69. The molecule has 0 radical (unpaired) electrons. The van der Waals surface area contributed by atoms with E-state index in [0.717, 1.165) is 19.4 Å². The van der Waals surface area contributed by atoms with Crippen LogP contribution >= 0.6 is 0 Å². The summed E-state index contributed by atoms with van der Waals surface area (Å²) in [4.78, 5) is 11.0. The van der Waals surface area contributed by atoms with E-state index < -0.39 is 0 Å². The second kappa shape index (κ2) is 3.56. The van der Waals surface area contributed by atoms with Gasteiger partial charge in [0.05, 0.1) is 0 Å². The third-order valence-electron chi connectivity index (χ3n) is 2.20. The van der Waals surface area contributed by atoms with Gasteiger partial charge in [0.1, 0.15) is 0 Å².